The van der Waals surface area contributed by atoms with E-state index in [4.69, 9.17) is 4.74 Å². The van der Waals surface area contributed by atoms with Crippen LogP contribution in [0.25, 0.3) is 0 Å². The van der Waals surface area contributed by atoms with Gasteiger partial charge in [0, 0.05) is 17.7 Å². The zero-order valence-corrected chi connectivity index (χ0v) is 8.75. The maximum atomic E-state index is 13.2. The van der Waals surface area contributed by atoms with E-state index in [1.54, 1.807) is 6.07 Å². The zero-order chi connectivity index (χ0) is 10.8. The van der Waals surface area contributed by atoms with Gasteiger partial charge in [-0.05, 0) is 19.1 Å². The van der Waals surface area contributed by atoms with Gasteiger partial charge in [0.1, 0.15) is 17.4 Å². The summed E-state index contributed by atoms with van der Waals surface area (Å²) in [4.78, 5) is 4.29. The van der Waals surface area contributed by atoms with Crippen molar-refractivity contribution in [2.45, 2.75) is 13.0 Å². The fourth-order valence-electron chi connectivity index (χ4n) is 1.54. The number of nitrogens with zero attached hydrogens (tertiary/aromatic N) is 1. The molecule has 15 heavy (non-hydrogen) atoms. The number of benzene rings is 1. The number of methoxy groups -OCH3 is 1. The lowest BCUT2D eigenvalue weighted by atomic mass is 10.2. The molecule has 1 aromatic carbocycles. The van der Waals surface area contributed by atoms with Crippen LogP contribution in [0, 0.1) is 5.82 Å². The van der Waals surface area contributed by atoms with E-state index in [1.165, 1.54) is 19.2 Å². The lowest BCUT2D eigenvalue weighted by Gasteiger charge is -2.07. The molecule has 0 aliphatic carbocycles. The summed E-state index contributed by atoms with van der Waals surface area (Å²) in [5, 5.41) is 3.18. The molecule has 0 amide bonds. The average molecular weight is 208 g/mol. The van der Waals surface area contributed by atoms with Crippen LogP contribution in [0.2, 0.25) is 0 Å². The standard InChI is InChI=1S/C11H13FN2O/c1-7-6-13-11(14-7)8-3-9(12)5-10(4-8)15-2/h3-5,7H,6H2,1-2H3,(H,13,14). The number of nitrogens with one attached hydrogen (secondary N) is 1. The zero-order valence-electron chi connectivity index (χ0n) is 8.75. The van der Waals surface area contributed by atoms with Crippen molar-refractivity contribution in [2.75, 3.05) is 13.7 Å². The predicted octanol–water partition coefficient (Wildman–Crippen LogP) is 1.57. The Morgan fingerprint density at radius 2 is 2.27 bits per heavy atom. The van der Waals surface area contributed by atoms with Crippen molar-refractivity contribution in [3.05, 3.63) is 29.6 Å². The van der Waals surface area contributed by atoms with Crippen molar-refractivity contribution < 1.29 is 9.13 Å². The highest BCUT2D eigenvalue weighted by atomic mass is 19.1. The highest BCUT2D eigenvalue weighted by Crippen LogP contribution is 2.17. The number of ether oxygens (including phenoxy) is 1. The molecular weight excluding hydrogens is 195 g/mol. The summed E-state index contributed by atoms with van der Waals surface area (Å²) in [5.74, 6) is 0.933. The van der Waals surface area contributed by atoms with E-state index in [1.807, 2.05) is 6.92 Å². The Balaban J connectivity index is 2.32. The van der Waals surface area contributed by atoms with E-state index in [0.717, 1.165) is 17.9 Å². The van der Waals surface area contributed by atoms with Crippen LogP contribution in [-0.2, 0) is 0 Å². The van der Waals surface area contributed by atoms with E-state index >= 15 is 0 Å². The first kappa shape index (κ1) is 9.96. The lowest BCUT2D eigenvalue weighted by molar-refractivity contribution is 0.411. The second-order valence-corrected chi connectivity index (χ2v) is 3.61. The first-order valence-electron chi connectivity index (χ1n) is 4.85. The molecule has 0 saturated heterocycles. The van der Waals surface area contributed by atoms with Crippen LogP contribution in [0.4, 0.5) is 4.39 Å². The van der Waals surface area contributed by atoms with Crippen molar-refractivity contribution in [3.63, 3.8) is 0 Å². The van der Waals surface area contributed by atoms with Crippen LogP contribution in [0.1, 0.15) is 12.5 Å². The van der Waals surface area contributed by atoms with Gasteiger partial charge < -0.3 is 10.1 Å². The summed E-state index contributed by atoms with van der Waals surface area (Å²) in [5.41, 5.74) is 0.733. The van der Waals surface area contributed by atoms with E-state index in [-0.39, 0.29) is 5.82 Å². The molecular formula is C11H13FN2O. The van der Waals surface area contributed by atoms with Crippen LogP contribution >= 0.6 is 0 Å². The molecule has 4 heteroatoms. The Morgan fingerprint density at radius 3 is 2.87 bits per heavy atom. The van der Waals surface area contributed by atoms with E-state index < -0.39 is 0 Å². The largest absolute Gasteiger partial charge is 0.497 e. The number of rotatable bonds is 2. The molecule has 1 aliphatic rings. The third-order valence-corrected chi connectivity index (χ3v) is 2.29. The second-order valence-electron chi connectivity index (χ2n) is 3.61. The van der Waals surface area contributed by atoms with E-state index in [9.17, 15) is 4.39 Å². The Kier molecular flexibility index (Phi) is 2.58. The van der Waals surface area contributed by atoms with Crippen molar-refractivity contribution >= 4 is 5.84 Å². The third-order valence-electron chi connectivity index (χ3n) is 2.29. The number of hydrogen-bond acceptors (Lipinski definition) is 3. The smallest absolute Gasteiger partial charge is 0.128 e. The fourth-order valence-corrected chi connectivity index (χ4v) is 1.54. The molecule has 0 aromatic heterocycles. The lowest BCUT2D eigenvalue weighted by Crippen LogP contribution is -2.27. The van der Waals surface area contributed by atoms with Crippen molar-refractivity contribution in [3.8, 4) is 5.75 Å². The number of halogens is 1. The molecule has 0 bridgehead atoms. The van der Waals surface area contributed by atoms with Gasteiger partial charge in [-0.15, -0.1) is 0 Å². The SMILES string of the molecule is COc1cc(F)cc(C2=NCC(C)N2)c1. The number of hydrogen-bond donors (Lipinski definition) is 1. The van der Waals surface area contributed by atoms with Gasteiger partial charge in [-0.3, -0.25) is 4.99 Å². The highest BCUT2D eigenvalue weighted by molar-refractivity contribution is 6.00. The monoisotopic (exact) mass is 208 g/mol. The Labute approximate surface area is 88.0 Å². The topological polar surface area (TPSA) is 33.6 Å². The van der Waals surface area contributed by atoms with Gasteiger partial charge in [0.2, 0.25) is 0 Å². The molecule has 1 aliphatic heterocycles. The molecule has 1 unspecified atom stereocenters. The summed E-state index contributed by atoms with van der Waals surface area (Å²) in [6.45, 7) is 2.77. The predicted molar refractivity (Wildman–Crippen MR) is 57.0 cm³/mol. The maximum absolute atomic E-state index is 13.2. The first-order chi connectivity index (χ1) is 7.19. The molecule has 80 valence electrons. The minimum Gasteiger partial charge on any atom is -0.497 e. The van der Waals surface area contributed by atoms with Crippen molar-refractivity contribution in [1.82, 2.24) is 5.32 Å². The molecule has 1 heterocycles. The molecule has 2 rings (SSSR count). The number of amidine groups is 1. The van der Waals surface area contributed by atoms with Crippen LogP contribution in [-0.4, -0.2) is 25.5 Å². The van der Waals surface area contributed by atoms with Gasteiger partial charge in [-0.2, -0.15) is 0 Å². The molecule has 0 saturated carbocycles. The average Bonchev–Trinajstić information content (AvgIpc) is 2.64. The molecule has 1 aromatic rings. The summed E-state index contributed by atoms with van der Waals surface area (Å²) in [7, 11) is 1.52. The molecule has 3 nitrogen and oxygen atoms in total. The van der Waals surface area contributed by atoms with Gasteiger partial charge in [-0.1, -0.05) is 0 Å². The van der Waals surface area contributed by atoms with Gasteiger partial charge in [0.05, 0.1) is 13.7 Å². The van der Waals surface area contributed by atoms with E-state index in [2.05, 4.69) is 10.3 Å². The second kappa shape index (κ2) is 3.88. The summed E-state index contributed by atoms with van der Waals surface area (Å²) < 4.78 is 18.2. The van der Waals surface area contributed by atoms with Crippen LogP contribution in [0.5, 0.6) is 5.75 Å². The van der Waals surface area contributed by atoms with Crippen molar-refractivity contribution in [1.29, 1.82) is 0 Å². The molecule has 0 radical (unpaired) electrons. The molecule has 0 fully saturated rings. The summed E-state index contributed by atoms with van der Waals surface area (Å²) >= 11 is 0. The molecule has 1 N–H and O–H groups in total. The number of aliphatic imine (C=N–C) groups is 1. The van der Waals surface area contributed by atoms with E-state index in [0.29, 0.717) is 11.8 Å². The van der Waals surface area contributed by atoms with Gasteiger partial charge in [0.15, 0.2) is 0 Å². The van der Waals surface area contributed by atoms with Gasteiger partial charge in [-0.25, -0.2) is 4.39 Å². The third kappa shape index (κ3) is 2.09. The first-order valence-corrected chi connectivity index (χ1v) is 4.85. The Hall–Kier alpha value is -1.58. The normalized spacial score (nSPS) is 19.7. The minimum atomic E-state index is -0.312. The maximum Gasteiger partial charge on any atom is 0.128 e. The van der Waals surface area contributed by atoms with Crippen LogP contribution < -0.4 is 10.1 Å². The Bertz CT molecular complexity index is 404. The highest BCUT2D eigenvalue weighted by Gasteiger charge is 2.15. The van der Waals surface area contributed by atoms with Gasteiger partial charge in [0.25, 0.3) is 0 Å². The molecule has 1 atom stereocenters. The quantitative estimate of drug-likeness (QED) is 0.800. The van der Waals surface area contributed by atoms with Crippen LogP contribution in [0.3, 0.4) is 0 Å². The van der Waals surface area contributed by atoms with Crippen LogP contribution in [0.15, 0.2) is 23.2 Å². The Morgan fingerprint density at radius 1 is 1.47 bits per heavy atom. The minimum absolute atomic E-state index is 0.312. The summed E-state index contributed by atoms with van der Waals surface area (Å²) in [6, 6.07) is 4.89. The molecule has 0 spiro atoms. The fraction of sp³-hybridized carbons (Fsp3) is 0.364. The van der Waals surface area contributed by atoms with Gasteiger partial charge >= 0.3 is 0 Å². The summed E-state index contributed by atoms with van der Waals surface area (Å²) in [6.07, 6.45) is 0. The van der Waals surface area contributed by atoms with Crippen molar-refractivity contribution in [2.24, 2.45) is 4.99 Å².